The fourth-order valence-corrected chi connectivity index (χ4v) is 4.61. The number of fused-ring (bicyclic) bond motifs is 1. The lowest BCUT2D eigenvalue weighted by Gasteiger charge is -2.33. The Balaban J connectivity index is 1.49. The maximum Gasteiger partial charge on any atom is 0.227 e. The van der Waals surface area contributed by atoms with Crippen molar-refractivity contribution in [2.24, 2.45) is 5.92 Å². The first kappa shape index (κ1) is 16.3. The Morgan fingerprint density at radius 1 is 1.48 bits per heavy atom. The molecule has 1 amide bonds. The van der Waals surface area contributed by atoms with Crippen molar-refractivity contribution in [2.75, 3.05) is 13.1 Å². The van der Waals surface area contributed by atoms with Gasteiger partial charge in [-0.3, -0.25) is 13.9 Å². The molecule has 0 saturated carbocycles. The zero-order valence-electron chi connectivity index (χ0n) is 14.5. The van der Waals surface area contributed by atoms with Gasteiger partial charge in [0.15, 0.2) is 0 Å². The maximum absolute atomic E-state index is 12.9. The number of likely N-dealkylation sites (tertiary alicyclic amines) is 1. The summed E-state index contributed by atoms with van der Waals surface area (Å²) >= 11 is 1.73. The molecule has 3 aromatic rings. The second kappa shape index (κ2) is 6.59. The van der Waals surface area contributed by atoms with Gasteiger partial charge in [-0.15, -0.1) is 11.3 Å². The molecule has 2 atom stereocenters. The first-order valence-electron chi connectivity index (χ1n) is 8.66. The lowest BCUT2D eigenvalue weighted by Crippen LogP contribution is -2.42. The van der Waals surface area contributed by atoms with Crippen LogP contribution in [0.15, 0.2) is 24.2 Å². The van der Waals surface area contributed by atoms with Gasteiger partial charge >= 0.3 is 0 Å². The highest BCUT2D eigenvalue weighted by Gasteiger charge is 2.30. The van der Waals surface area contributed by atoms with Crippen LogP contribution < -0.4 is 0 Å². The molecular weight excluding hydrogens is 336 g/mol. The van der Waals surface area contributed by atoms with E-state index in [4.69, 9.17) is 4.98 Å². The van der Waals surface area contributed by atoms with E-state index < -0.39 is 0 Å². The van der Waals surface area contributed by atoms with Gasteiger partial charge in [-0.2, -0.15) is 5.10 Å². The summed E-state index contributed by atoms with van der Waals surface area (Å²) in [5.74, 6) is 1.43. The molecule has 2 unspecified atom stereocenters. The van der Waals surface area contributed by atoms with Crippen molar-refractivity contribution < 1.29 is 4.79 Å². The van der Waals surface area contributed by atoms with Crippen molar-refractivity contribution in [3.63, 3.8) is 0 Å². The summed E-state index contributed by atoms with van der Waals surface area (Å²) in [5, 5.41) is 6.20. The van der Waals surface area contributed by atoms with Gasteiger partial charge in [0.05, 0.1) is 18.2 Å². The number of thiazole rings is 1. The molecule has 4 heterocycles. The van der Waals surface area contributed by atoms with Crippen LogP contribution in [0.4, 0.5) is 0 Å². The number of hydrogen-bond acceptors (Lipinski definition) is 5. The number of nitrogens with zero attached hydrogens (tertiary/aromatic N) is 6. The number of imidazole rings is 1. The molecule has 0 aromatic carbocycles. The van der Waals surface area contributed by atoms with Crippen LogP contribution in [-0.4, -0.2) is 48.0 Å². The summed E-state index contributed by atoms with van der Waals surface area (Å²) in [6, 6.07) is 0. The van der Waals surface area contributed by atoms with Crippen LogP contribution in [0.5, 0.6) is 0 Å². The first-order chi connectivity index (χ1) is 12.1. The Morgan fingerprint density at radius 2 is 2.36 bits per heavy atom. The number of aryl methyl sites for hydroxylation is 1. The Bertz CT molecular complexity index is 867. The van der Waals surface area contributed by atoms with Gasteiger partial charge in [-0.05, 0) is 19.8 Å². The van der Waals surface area contributed by atoms with Gasteiger partial charge in [0.25, 0.3) is 0 Å². The fraction of sp³-hybridized carbons (Fsp3) is 0.529. The van der Waals surface area contributed by atoms with E-state index in [0.29, 0.717) is 12.5 Å². The molecule has 25 heavy (non-hydrogen) atoms. The third kappa shape index (κ3) is 3.06. The van der Waals surface area contributed by atoms with Gasteiger partial charge in [0.2, 0.25) is 5.91 Å². The summed E-state index contributed by atoms with van der Waals surface area (Å²) in [4.78, 5) is 24.8. The number of carbonyl (C=O) groups is 1. The highest BCUT2D eigenvalue weighted by Crippen LogP contribution is 2.32. The number of amides is 1. The van der Waals surface area contributed by atoms with Crippen molar-refractivity contribution in [1.29, 1.82) is 0 Å². The Labute approximate surface area is 150 Å². The van der Waals surface area contributed by atoms with Gasteiger partial charge in [0.1, 0.15) is 23.3 Å². The molecule has 0 bridgehead atoms. The summed E-state index contributed by atoms with van der Waals surface area (Å²) in [5.41, 5.74) is 1.15. The molecule has 1 fully saturated rings. The molecular formula is C17H22N6OS. The van der Waals surface area contributed by atoms with Gasteiger partial charge in [-0.1, -0.05) is 6.92 Å². The van der Waals surface area contributed by atoms with Crippen LogP contribution in [0.25, 0.3) is 4.83 Å². The molecule has 132 valence electrons. The number of hydrogen-bond donors (Lipinski definition) is 0. The van der Waals surface area contributed by atoms with E-state index in [9.17, 15) is 4.79 Å². The topological polar surface area (TPSA) is 68.3 Å². The van der Waals surface area contributed by atoms with Gasteiger partial charge in [0, 0.05) is 30.6 Å². The highest BCUT2D eigenvalue weighted by molar-refractivity contribution is 7.15. The third-order valence-corrected chi connectivity index (χ3v) is 5.81. The first-order valence-corrected chi connectivity index (χ1v) is 9.54. The summed E-state index contributed by atoms with van der Waals surface area (Å²) in [7, 11) is 0. The zero-order valence-corrected chi connectivity index (χ0v) is 15.3. The van der Waals surface area contributed by atoms with E-state index in [-0.39, 0.29) is 11.8 Å². The Hall–Kier alpha value is -2.22. The van der Waals surface area contributed by atoms with E-state index in [1.165, 1.54) is 11.2 Å². The fourth-order valence-electron chi connectivity index (χ4n) is 3.66. The number of aromatic nitrogens is 5. The zero-order chi connectivity index (χ0) is 17.4. The largest absolute Gasteiger partial charge is 0.342 e. The van der Waals surface area contributed by atoms with E-state index in [0.717, 1.165) is 37.4 Å². The van der Waals surface area contributed by atoms with Gasteiger partial charge < -0.3 is 4.90 Å². The second-order valence-corrected chi connectivity index (χ2v) is 7.66. The molecule has 7 nitrogen and oxygen atoms in total. The molecule has 1 saturated heterocycles. The lowest BCUT2D eigenvalue weighted by atomic mass is 9.94. The minimum absolute atomic E-state index is 0.106. The van der Waals surface area contributed by atoms with E-state index in [1.54, 1.807) is 22.3 Å². The summed E-state index contributed by atoms with van der Waals surface area (Å²) < 4.78 is 3.87. The monoisotopic (exact) mass is 358 g/mol. The third-order valence-electron chi connectivity index (χ3n) is 4.93. The average molecular weight is 358 g/mol. The molecule has 4 rings (SSSR count). The van der Waals surface area contributed by atoms with Crippen molar-refractivity contribution in [3.05, 3.63) is 35.7 Å². The highest BCUT2D eigenvalue weighted by atomic mass is 32.1. The van der Waals surface area contributed by atoms with Crippen molar-refractivity contribution in [2.45, 2.75) is 39.2 Å². The van der Waals surface area contributed by atoms with Crippen LogP contribution in [0.2, 0.25) is 0 Å². The molecule has 8 heteroatoms. The van der Waals surface area contributed by atoms with Crippen molar-refractivity contribution in [3.8, 4) is 0 Å². The minimum Gasteiger partial charge on any atom is -0.342 e. The molecule has 1 aliphatic rings. The smallest absolute Gasteiger partial charge is 0.227 e. The normalized spacial score (nSPS) is 19.4. The molecule has 0 N–H and O–H groups in total. The van der Waals surface area contributed by atoms with E-state index in [2.05, 4.69) is 26.1 Å². The Morgan fingerprint density at radius 3 is 3.16 bits per heavy atom. The standard InChI is InChI=1S/C17H22N6OS/c1-12(8-22-11-18-10-19-22)16(24)21-5-3-4-14(9-21)15-17-23(6-7-25-17)13(2)20-15/h6-7,10-12,14H,3-5,8-9H2,1-2H3. The molecule has 0 spiro atoms. The number of piperidine rings is 1. The Kier molecular flexibility index (Phi) is 4.29. The van der Waals surface area contributed by atoms with Crippen LogP contribution >= 0.6 is 11.3 Å². The second-order valence-electron chi connectivity index (χ2n) is 6.76. The summed E-state index contributed by atoms with van der Waals surface area (Å²) in [6.07, 6.45) is 7.34. The lowest BCUT2D eigenvalue weighted by molar-refractivity contribution is -0.136. The van der Waals surface area contributed by atoms with Crippen molar-refractivity contribution in [1.82, 2.24) is 29.0 Å². The number of rotatable bonds is 4. The molecule has 3 aromatic heterocycles. The quantitative estimate of drug-likeness (QED) is 0.718. The molecule has 0 radical (unpaired) electrons. The predicted molar refractivity (Wildman–Crippen MR) is 95.5 cm³/mol. The van der Waals surface area contributed by atoms with E-state index in [1.807, 2.05) is 18.7 Å². The maximum atomic E-state index is 12.9. The van der Waals surface area contributed by atoms with E-state index >= 15 is 0 Å². The number of carbonyl (C=O) groups excluding carboxylic acids is 1. The van der Waals surface area contributed by atoms with Gasteiger partial charge in [-0.25, -0.2) is 9.97 Å². The van der Waals surface area contributed by atoms with Crippen molar-refractivity contribution >= 4 is 22.1 Å². The molecule has 0 aliphatic carbocycles. The molecule has 1 aliphatic heterocycles. The SMILES string of the molecule is Cc1nc(C2CCCN(C(=O)C(C)Cn3cncn3)C2)c2sccn12. The summed E-state index contributed by atoms with van der Waals surface area (Å²) in [6.45, 7) is 6.15. The van der Waals surface area contributed by atoms with Crippen LogP contribution in [-0.2, 0) is 11.3 Å². The van der Waals surface area contributed by atoms with Crippen LogP contribution in [0, 0.1) is 12.8 Å². The average Bonchev–Trinajstić information content (AvgIpc) is 3.34. The van der Waals surface area contributed by atoms with Crippen LogP contribution in [0.1, 0.15) is 37.2 Å². The van der Waals surface area contributed by atoms with Crippen LogP contribution in [0.3, 0.4) is 0 Å². The predicted octanol–water partition coefficient (Wildman–Crippen LogP) is 2.34. The minimum atomic E-state index is -0.106.